The monoisotopic (exact) mass is 395 g/mol. The first-order valence-electron chi connectivity index (χ1n) is 8.96. The van der Waals surface area contributed by atoms with Crippen molar-refractivity contribution in [3.8, 4) is 11.3 Å². The number of rotatable bonds is 6. The van der Waals surface area contributed by atoms with Gasteiger partial charge in [-0.25, -0.2) is 9.59 Å². The van der Waals surface area contributed by atoms with Gasteiger partial charge >= 0.3 is 11.9 Å². The molecule has 1 unspecified atom stereocenters. The van der Waals surface area contributed by atoms with E-state index in [1.165, 1.54) is 20.2 Å². The number of aromatic amines is 2. The van der Waals surface area contributed by atoms with Crippen LogP contribution in [0, 0.1) is 13.8 Å². The minimum absolute atomic E-state index is 0.207. The SMILES string of the molecule is COC(=O)c1c(C)[nH]c(C(=O)C(C)OC(=O)c2cn[nH]c2-c2ccccc2)c1C. The van der Waals surface area contributed by atoms with Gasteiger partial charge in [-0.15, -0.1) is 0 Å². The van der Waals surface area contributed by atoms with E-state index in [1.54, 1.807) is 13.8 Å². The second-order valence-electron chi connectivity index (χ2n) is 6.55. The number of ketones is 1. The molecule has 2 aromatic heterocycles. The van der Waals surface area contributed by atoms with E-state index < -0.39 is 23.8 Å². The predicted octanol–water partition coefficient (Wildman–Crippen LogP) is 3.24. The maximum atomic E-state index is 12.8. The molecule has 0 amide bonds. The highest BCUT2D eigenvalue weighted by molar-refractivity contribution is 6.05. The van der Waals surface area contributed by atoms with E-state index in [2.05, 4.69) is 15.2 Å². The van der Waals surface area contributed by atoms with Crippen molar-refractivity contribution in [2.24, 2.45) is 0 Å². The van der Waals surface area contributed by atoms with Gasteiger partial charge in [0.2, 0.25) is 5.78 Å². The predicted molar refractivity (Wildman–Crippen MR) is 105 cm³/mol. The van der Waals surface area contributed by atoms with Gasteiger partial charge in [-0.3, -0.25) is 9.89 Å². The molecule has 0 fully saturated rings. The van der Waals surface area contributed by atoms with Gasteiger partial charge in [-0.05, 0) is 26.3 Å². The van der Waals surface area contributed by atoms with E-state index in [-0.39, 0.29) is 11.3 Å². The molecule has 1 aromatic carbocycles. The van der Waals surface area contributed by atoms with Gasteiger partial charge in [0.25, 0.3) is 0 Å². The number of aromatic nitrogens is 3. The van der Waals surface area contributed by atoms with Crippen molar-refractivity contribution in [2.75, 3.05) is 7.11 Å². The molecule has 0 aliphatic rings. The van der Waals surface area contributed by atoms with E-state index in [1.807, 2.05) is 30.3 Å². The zero-order valence-electron chi connectivity index (χ0n) is 16.5. The molecule has 0 aliphatic carbocycles. The van der Waals surface area contributed by atoms with Crippen LogP contribution in [0.5, 0.6) is 0 Å². The Kier molecular flexibility index (Phi) is 5.63. The van der Waals surface area contributed by atoms with E-state index in [4.69, 9.17) is 9.47 Å². The van der Waals surface area contributed by atoms with Gasteiger partial charge in [0.05, 0.1) is 30.3 Å². The molecule has 3 rings (SSSR count). The number of aryl methyl sites for hydroxylation is 1. The first kappa shape index (κ1) is 20.1. The number of hydrogen-bond donors (Lipinski definition) is 2. The lowest BCUT2D eigenvalue weighted by Gasteiger charge is -2.12. The van der Waals surface area contributed by atoms with Crippen LogP contribution in [0.25, 0.3) is 11.3 Å². The number of nitrogens with one attached hydrogen (secondary N) is 2. The molecule has 8 nitrogen and oxygen atoms in total. The molecule has 3 aromatic rings. The summed E-state index contributed by atoms with van der Waals surface area (Å²) in [5.74, 6) is -1.66. The number of methoxy groups -OCH3 is 1. The van der Waals surface area contributed by atoms with Crippen molar-refractivity contribution >= 4 is 17.7 Å². The molecule has 150 valence electrons. The lowest BCUT2D eigenvalue weighted by molar-refractivity contribution is 0.0317. The number of carbonyl (C=O) groups excluding carboxylic acids is 3. The molecule has 0 saturated heterocycles. The van der Waals surface area contributed by atoms with Gasteiger partial charge in [0, 0.05) is 11.3 Å². The Hall–Kier alpha value is -3.68. The van der Waals surface area contributed by atoms with Crippen LogP contribution in [-0.2, 0) is 9.47 Å². The summed E-state index contributed by atoms with van der Waals surface area (Å²) < 4.78 is 10.1. The molecule has 0 bridgehead atoms. The molecule has 0 radical (unpaired) electrons. The fraction of sp³-hybridized carbons (Fsp3) is 0.238. The van der Waals surface area contributed by atoms with Crippen LogP contribution < -0.4 is 0 Å². The summed E-state index contributed by atoms with van der Waals surface area (Å²) in [5.41, 5.74) is 2.98. The fourth-order valence-electron chi connectivity index (χ4n) is 3.15. The topological polar surface area (TPSA) is 114 Å². The highest BCUT2D eigenvalue weighted by Crippen LogP contribution is 2.23. The Morgan fingerprint density at radius 3 is 2.41 bits per heavy atom. The van der Waals surface area contributed by atoms with E-state index >= 15 is 0 Å². The number of esters is 2. The second kappa shape index (κ2) is 8.14. The maximum absolute atomic E-state index is 12.8. The van der Waals surface area contributed by atoms with Crippen LogP contribution in [0.2, 0.25) is 0 Å². The van der Waals surface area contributed by atoms with Gasteiger partial charge in [-0.1, -0.05) is 30.3 Å². The molecular weight excluding hydrogens is 374 g/mol. The third kappa shape index (κ3) is 3.82. The largest absolute Gasteiger partial charge is 0.465 e. The Bertz CT molecular complexity index is 1070. The number of benzene rings is 1. The first-order valence-corrected chi connectivity index (χ1v) is 8.96. The molecule has 2 heterocycles. The Morgan fingerprint density at radius 1 is 1.07 bits per heavy atom. The number of carbonyl (C=O) groups is 3. The molecular formula is C21H21N3O5. The van der Waals surface area contributed by atoms with Crippen molar-refractivity contribution in [3.63, 3.8) is 0 Å². The van der Waals surface area contributed by atoms with Crippen molar-refractivity contribution in [3.05, 3.63) is 64.6 Å². The maximum Gasteiger partial charge on any atom is 0.342 e. The standard InChI is InChI=1S/C21H21N3O5/c1-11-16(21(27)28-4)12(2)23-17(11)19(25)13(3)29-20(26)15-10-22-24-18(15)14-8-6-5-7-9-14/h5-10,13,23H,1-4H3,(H,22,24). The third-order valence-corrected chi connectivity index (χ3v) is 4.65. The summed E-state index contributed by atoms with van der Waals surface area (Å²) >= 11 is 0. The summed E-state index contributed by atoms with van der Waals surface area (Å²) in [6.07, 6.45) is 0.296. The minimum atomic E-state index is -1.07. The fourth-order valence-corrected chi connectivity index (χ4v) is 3.15. The summed E-state index contributed by atoms with van der Waals surface area (Å²) in [4.78, 5) is 40.3. The van der Waals surface area contributed by atoms with E-state index in [0.717, 1.165) is 5.56 Å². The van der Waals surface area contributed by atoms with Crippen LogP contribution >= 0.6 is 0 Å². The average Bonchev–Trinajstić information content (AvgIpc) is 3.32. The summed E-state index contributed by atoms with van der Waals surface area (Å²) in [7, 11) is 1.27. The Balaban J connectivity index is 1.81. The zero-order chi connectivity index (χ0) is 21.1. The highest BCUT2D eigenvalue weighted by Gasteiger charge is 2.28. The molecule has 29 heavy (non-hydrogen) atoms. The van der Waals surface area contributed by atoms with E-state index in [0.29, 0.717) is 22.5 Å². The quantitative estimate of drug-likeness (QED) is 0.489. The van der Waals surface area contributed by atoms with Gasteiger partial charge in [0.1, 0.15) is 5.56 Å². The van der Waals surface area contributed by atoms with Crippen LogP contribution in [0.15, 0.2) is 36.5 Å². The van der Waals surface area contributed by atoms with Crippen molar-refractivity contribution < 1.29 is 23.9 Å². The normalized spacial score (nSPS) is 11.7. The van der Waals surface area contributed by atoms with Crippen molar-refractivity contribution in [2.45, 2.75) is 26.9 Å². The summed E-state index contributed by atoms with van der Waals surface area (Å²) in [5, 5.41) is 6.70. The zero-order valence-corrected chi connectivity index (χ0v) is 16.5. The van der Waals surface area contributed by atoms with Gasteiger partial charge in [-0.2, -0.15) is 5.10 Å². The number of hydrogen-bond acceptors (Lipinski definition) is 6. The first-order chi connectivity index (χ1) is 13.8. The van der Waals surface area contributed by atoms with Gasteiger partial charge in [0.15, 0.2) is 6.10 Å². The molecule has 0 spiro atoms. The lowest BCUT2D eigenvalue weighted by atomic mass is 10.1. The van der Waals surface area contributed by atoms with Crippen molar-refractivity contribution in [1.82, 2.24) is 15.2 Å². The third-order valence-electron chi connectivity index (χ3n) is 4.65. The molecule has 1 atom stereocenters. The lowest BCUT2D eigenvalue weighted by Crippen LogP contribution is -2.25. The average molecular weight is 395 g/mol. The number of Topliss-reactive ketones (excluding diaryl/α,β-unsaturated/α-hetero) is 1. The minimum Gasteiger partial charge on any atom is -0.465 e. The van der Waals surface area contributed by atoms with Crippen molar-refractivity contribution in [1.29, 1.82) is 0 Å². The van der Waals surface area contributed by atoms with Gasteiger partial charge < -0.3 is 14.5 Å². The van der Waals surface area contributed by atoms with Crippen LogP contribution in [0.1, 0.15) is 49.4 Å². The summed E-state index contributed by atoms with van der Waals surface area (Å²) in [6.45, 7) is 4.79. The number of H-pyrrole nitrogens is 2. The molecule has 0 aliphatic heterocycles. The molecule has 2 N–H and O–H groups in total. The van der Waals surface area contributed by atoms with Crippen LogP contribution in [0.3, 0.4) is 0 Å². The Labute approximate surface area is 167 Å². The number of ether oxygens (including phenoxy) is 2. The Morgan fingerprint density at radius 2 is 1.76 bits per heavy atom. The second-order valence-corrected chi connectivity index (χ2v) is 6.55. The smallest absolute Gasteiger partial charge is 0.342 e. The van der Waals surface area contributed by atoms with Crippen LogP contribution in [-0.4, -0.2) is 46.1 Å². The molecule has 8 heteroatoms. The summed E-state index contributed by atoms with van der Waals surface area (Å²) in [6, 6.07) is 9.21. The molecule has 0 saturated carbocycles. The highest BCUT2D eigenvalue weighted by atomic mass is 16.5. The number of nitrogens with zero attached hydrogens (tertiary/aromatic N) is 1. The van der Waals surface area contributed by atoms with E-state index in [9.17, 15) is 14.4 Å². The van der Waals surface area contributed by atoms with Crippen LogP contribution in [0.4, 0.5) is 0 Å².